The second-order valence-corrected chi connectivity index (χ2v) is 7.39. The van der Waals surface area contributed by atoms with Gasteiger partial charge < -0.3 is 20.1 Å². The Hall–Kier alpha value is -3.99. The summed E-state index contributed by atoms with van der Waals surface area (Å²) in [4.78, 5) is 20.8. The molecule has 0 fully saturated rings. The molecule has 0 saturated heterocycles. The number of hydrogen-bond acceptors (Lipinski definition) is 7. The highest BCUT2D eigenvalue weighted by atomic mass is 35.5. The van der Waals surface area contributed by atoms with Crippen LogP contribution in [0.15, 0.2) is 42.7 Å². The first-order valence-corrected chi connectivity index (χ1v) is 10.6. The maximum atomic E-state index is 13.8. The van der Waals surface area contributed by atoms with E-state index in [-0.39, 0.29) is 18.7 Å². The molecule has 34 heavy (non-hydrogen) atoms. The van der Waals surface area contributed by atoms with Gasteiger partial charge in [0.05, 0.1) is 36.0 Å². The van der Waals surface area contributed by atoms with Crippen LogP contribution in [0.5, 0.6) is 11.5 Å². The molecular formula is C22H19ClF2N6O3. The number of benzene rings is 2. The summed E-state index contributed by atoms with van der Waals surface area (Å²) in [6.45, 7) is 0.270. The number of fused-ring (bicyclic) bond motifs is 1. The molecule has 0 bridgehead atoms. The number of amides is 1. The smallest absolute Gasteiger partial charge is 0.230 e. The van der Waals surface area contributed by atoms with Gasteiger partial charge in [0.2, 0.25) is 5.91 Å². The predicted octanol–water partition coefficient (Wildman–Crippen LogP) is 4.18. The summed E-state index contributed by atoms with van der Waals surface area (Å²) in [5.41, 5.74) is 0.777. The third kappa shape index (κ3) is 5.15. The summed E-state index contributed by atoms with van der Waals surface area (Å²) in [5, 5.41) is 12.9. The molecule has 2 heterocycles. The number of H-pyrrole nitrogens is 1. The fourth-order valence-electron chi connectivity index (χ4n) is 3.21. The summed E-state index contributed by atoms with van der Waals surface area (Å²) >= 11 is 5.77. The molecule has 0 aliphatic heterocycles. The highest BCUT2D eigenvalue weighted by Gasteiger charge is 2.16. The summed E-state index contributed by atoms with van der Waals surface area (Å²) in [6.07, 6.45) is 1.24. The average molecular weight is 489 g/mol. The molecular weight excluding hydrogens is 470 g/mol. The molecule has 0 radical (unpaired) electrons. The lowest BCUT2D eigenvalue weighted by molar-refractivity contribution is -0.115. The fourth-order valence-corrected chi connectivity index (χ4v) is 3.29. The monoisotopic (exact) mass is 488 g/mol. The van der Waals surface area contributed by atoms with E-state index >= 15 is 0 Å². The van der Waals surface area contributed by atoms with Crippen molar-refractivity contribution in [2.75, 3.05) is 30.2 Å². The number of nitrogens with one attached hydrogen (secondary N) is 3. The van der Waals surface area contributed by atoms with Crippen LogP contribution < -0.4 is 20.1 Å². The highest BCUT2D eigenvalue weighted by molar-refractivity contribution is 6.18. The van der Waals surface area contributed by atoms with Crippen molar-refractivity contribution in [2.45, 2.75) is 6.42 Å². The van der Waals surface area contributed by atoms with Gasteiger partial charge in [-0.1, -0.05) is 6.07 Å². The van der Waals surface area contributed by atoms with Crippen LogP contribution in [0.3, 0.4) is 0 Å². The van der Waals surface area contributed by atoms with Crippen LogP contribution >= 0.6 is 11.6 Å². The van der Waals surface area contributed by atoms with E-state index in [1.807, 2.05) is 0 Å². The Morgan fingerprint density at radius 3 is 2.85 bits per heavy atom. The zero-order chi connectivity index (χ0) is 24.1. The van der Waals surface area contributed by atoms with Gasteiger partial charge >= 0.3 is 0 Å². The minimum Gasteiger partial charge on any atom is -0.497 e. The standard InChI is InChI=1S/C22H19ClF2N6O3/c1-33-13-9-16-20(17(10-13)34-6-5-23)22(27-11-26-16)29-18-7-12(30-31-18)8-19(32)28-15-4-2-3-14(24)21(15)25/h2-4,7,9-11H,5-6,8H2,1H3,(H,28,32)(H2,26,27,29,30,31). The van der Waals surface area contributed by atoms with Crippen LogP contribution in [-0.4, -0.2) is 45.7 Å². The molecule has 4 rings (SSSR count). The average Bonchev–Trinajstić information content (AvgIpc) is 3.26. The zero-order valence-corrected chi connectivity index (χ0v) is 18.6. The number of hydrogen-bond donors (Lipinski definition) is 3. The van der Waals surface area contributed by atoms with Crippen molar-refractivity contribution < 1.29 is 23.0 Å². The Kier molecular flexibility index (Phi) is 7.02. The number of methoxy groups -OCH3 is 1. The summed E-state index contributed by atoms with van der Waals surface area (Å²) in [6, 6.07) is 8.58. The number of halogens is 3. The number of rotatable bonds is 9. The number of carbonyl (C=O) groups is 1. The third-order valence-electron chi connectivity index (χ3n) is 4.70. The normalized spacial score (nSPS) is 10.8. The number of alkyl halides is 1. The van der Waals surface area contributed by atoms with E-state index in [0.717, 1.165) is 6.07 Å². The van der Waals surface area contributed by atoms with Gasteiger partial charge in [-0.05, 0) is 12.1 Å². The Labute approximate surface area is 197 Å². The van der Waals surface area contributed by atoms with Gasteiger partial charge in [-0.15, -0.1) is 11.6 Å². The van der Waals surface area contributed by atoms with Crippen LogP contribution in [-0.2, 0) is 11.2 Å². The van der Waals surface area contributed by atoms with E-state index < -0.39 is 17.5 Å². The van der Waals surface area contributed by atoms with Crippen molar-refractivity contribution in [1.82, 2.24) is 20.2 Å². The fraction of sp³-hybridized carbons (Fsp3) is 0.182. The van der Waals surface area contributed by atoms with Crippen LogP contribution in [0.1, 0.15) is 5.69 Å². The highest BCUT2D eigenvalue weighted by Crippen LogP contribution is 2.35. The Morgan fingerprint density at radius 2 is 2.06 bits per heavy atom. The quantitative estimate of drug-likeness (QED) is 0.303. The lowest BCUT2D eigenvalue weighted by Crippen LogP contribution is -2.16. The summed E-state index contributed by atoms with van der Waals surface area (Å²) < 4.78 is 38.2. The van der Waals surface area contributed by atoms with Gasteiger partial charge in [0.1, 0.15) is 30.3 Å². The van der Waals surface area contributed by atoms with E-state index in [2.05, 4.69) is 30.8 Å². The number of ether oxygens (including phenoxy) is 2. The molecule has 1 amide bonds. The number of anilines is 3. The third-order valence-corrected chi connectivity index (χ3v) is 4.85. The largest absolute Gasteiger partial charge is 0.497 e. The maximum Gasteiger partial charge on any atom is 0.230 e. The number of aromatic amines is 1. The SMILES string of the molecule is COc1cc(OCCCl)c2c(Nc3cc(CC(=O)Nc4cccc(F)c4F)[nH]n3)ncnc2c1. The molecule has 3 N–H and O–H groups in total. The molecule has 4 aromatic rings. The minimum atomic E-state index is -1.12. The first kappa shape index (κ1) is 23.2. The molecule has 176 valence electrons. The van der Waals surface area contributed by atoms with Crippen LogP contribution in [0.2, 0.25) is 0 Å². The minimum absolute atomic E-state index is 0.142. The van der Waals surface area contributed by atoms with Crippen molar-refractivity contribution in [2.24, 2.45) is 0 Å². The van der Waals surface area contributed by atoms with Crippen LogP contribution in [0.25, 0.3) is 10.9 Å². The lowest BCUT2D eigenvalue weighted by Gasteiger charge is -2.13. The van der Waals surface area contributed by atoms with Gasteiger partial charge in [0.25, 0.3) is 0 Å². The molecule has 0 unspecified atom stereocenters. The van der Waals surface area contributed by atoms with Gasteiger partial charge in [-0.2, -0.15) is 5.10 Å². The molecule has 0 aliphatic carbocycles. The van der Waals surface area contributed by atoms with Crippen molar-refractivity contribution in [1.29, 1.82) is 0 Å². The molecule has 0 spiro atoms. The topological polar surface area (TPSA) is 114 Å². The van der Waals surface area contributed by atoms with Crippen molar-refractivity contribution in [3.8, 4) is 11.5 Å². The van der Waals surface area contributed by atoms with E-state index in [1.165, 1.54) is 25.6 Å². The van der Waals surface area contributed by atoms with Crippen molar-refractivity contribution in [3.05, 3.63) is 60.1 Å². The molecule has 0 atom stereocenters. The van der Waals surface area contributed by atoms with Gasteiger partial charge in [-0.3, -0.25) is 9.89 Å². The van der Waals surface area contributed by atoms with E-state index in [0.29, 0.717) is 45.6 Å². The molecule has 12 heteroatoms. The van der Waals surface area contributed by atoms with Gasteiger partial charge in [-0.25, -0.2) is 18.7 Å². The van der Waals surface area contributed by atoms with E-state index in [1.54, 1.807) is 18.2 Å². The Balaban J connectivity index is 1.53. The van der Waals surface area contributed by atoms with E-state index in [9.17, 15) is 13.6 Å². The van der Waals surface area contributed by atoms with Crippen molar-refractivity contribution >= 4 is 45.7 Å². The molecule has 2 aromatic carbocycles. The first-order chi connectivity index (χ1) is 16.5. The molecule has 9 nitrogen and oxygen atoms in total. The number of aromatic nitrogens is 4. The maximum absolute atomic E-state index is 13.8. The number of nitrogens with zero attached hydrogens (tertiary/aromatic N) is 3. The van der Waals surface area contributed by atoms with Crippen LogP contribution in [0, 0.1) is 11.6 Å². The summed E-state index contributed by atoms with van der Waals surface area (Å²) in [7, 11) is 1.54. The zero-order valence-electron chi connectivity index (χ0n) is 17.9. The lowest BCUT2D eigenvalue weighted by atomic mass is 10.2. The Morgan fingerprint density at radius 1 is 1.21 bits per heavy atom. The number of carbonyl (C=O) groups excluding carboxylic acids is 1. The predicted molar refractivity (Wildman–Crippen MR) is 123 cm³/mol. The summed E-state index contributed by atoms with van der Waals surface area (Å²) in [5.74, 6) is -0.594. The van der Waals surface area contributed by atoms with Crippen LogP contribution in [0.4, 0.5) is 26.1 Å². The molecule has 2 aromatic heterocycles. The van der Waals surface area contributed by atoms with E-state index in [4.69, 9.17) is 21.1 Å². The first-order valence-electron chi connectivity index (χ1n) is 10.0. The Bertz CT molecular complexity index is 1330. The van der Waals surface area contributed by atoms with Gasteiger partial charge in [0, 0.05) is 23.9 Å². The molecule has 0 saturated carbocycles. The second-order valence-electron chi connectivity index (χ2n) is 7.01. The van der Waals surface area contributed by atoms with Crippen molar-refractivity contribution in [3.63, 3.8) is 0 Å². The van der Waals surface area contributed by atoms with Gasteiger partial charge in [0.15, 0.2) is 17.5 Å². The molecule has 0 aliphatic rings. The second kappa shape index (κ2) is 10.3.